The first-order chi connectivity index (χ1) is 15.4. The fourth-order valence-corrected chi connectivity index (χ4v) is 3.14. The van der Waals surface area contributed by atoms with E-state index in [2.05, 4.69) is 17.2 Å². The summed E-state index contributed by atoms with van der Waals surface area (Å²) in [4.78, 5) is 24.4. The van der Waals surface area contributed by atoms with Crippen LogP contribution in [0.25, 0.3) is 0 Å². The molecule has 0 atom stereocenters. The molecule has 0 saturated carbocycles. The fraction of sp³-hybridized carbons (Fsp3) is 0.154. The highest BCUT2D eigenvalue weighted by molar-refractivity contribution is 6.11. The van der Waals surface area contributed by atoms with E-state index < -0.39 is 0 Å². The van der Waals surface area contributed by atoms with Gasteiger partial charge in [0.15, 0.2) is 5.78 Å². The van der Waals surface area contributed by atoms with Crippen molar-refractivity contribution in [2.45, 2.75) is 13.3 Å². The second-order valence-corrected chi connectivity index (χ2v) is 7.37. The predicted molar refractivity (Wildman–Crippen MR) is 126 cm³/mol. The molecule has 6 heteroatoms. The molecule has 3 aromatic carbocycles. The van der Waals surface area contributed by atoms with Crippen molar-refractivity contribution in [3.63, 3.8) is 0 Å². The molecule has 1 amide bonds. The van der Waals surface area contributed by atoms with Crippen molar-refractivity contribution in [2.75, 3.05) is 19.0 Å². The zero-order chi connectivity index (χ0) is 23.1. The average Bonchev–Trinajstić information content (AvgIpc) is 2.81. The van der Waals surface area contributed by atoms with Crippen LogP contribution in [0.5, 0.6) is 11.5 Å². The first kappa shape index (κ1) is 22.6. The summed E-state index contributed by atoms with van der Waals surface area (Å²) in [6, 6.07) is 19.5. The maximum atomic E-state index is 12.8. The van der Waals surface area contributed by atoms with E-state index in [0.29, 0.717) is 35.5 Å². The van der Waals surface area contributed by atoms with Gasteiger partial charge in [-0.25, -0.2) is 0 Å². The van der Waals surface area contributed by atoms with Gasteiger partial charge in [-0.1, -0.05) is 49.0 Å². The Morgan fingerprint density at radius 1 is 1.03 bits per heavy atom. The summed E-state index contributed by atoms with van der Waals surface area (Å²) in [5, 5.41) is 16.4. The molecule has 32 heavy (non-hydrogen) atoms. The minimum Gasteiger partial charge on any atom is -0.507 e. The monoisotopic (exact) mass is 430 g/mol. The van der Waals surface area contributed by atoms with Crippen molar-refractivity contribution in [3.05, 3.63) is 95.6 Å². The molecule has 0 fully saturated rings. The van der Waals surface area contributed by atoms with E-state index in [1.165, 1.54) is 13.2 Å². The maximum absolute atomic E-state index is 12.8. The first-order valence-electron chi connectivity index (χ1n) is 10.2. The van der Waals surface area contributed by atoms with Crippen LogP contribution in [0.3, 0.4) is 0 Å². The van der Waals surface area contributed by atoms with Crippen molar-refractivity contribution in [1.82, 2.24) is 5.32 Å². The molecular formula is C26H26N2O4. The Hall–Kier alpha value is -4.06. The van der Waals surface area contributed by atoms with Gasteiger partial charge in [-0.2, -0.15) is 0 Å². The van der Waals surface area contributed by atoms with E-state index in [1.54, 1.807) is 37.3 Å². The third kappa shape index (κ3) is 5.55. The molecule has 0 bridgehead atoms. The second kappa shape index (κ2) is 10.3. The van der Waals surface area contributed by atoms with Gasteiger partial charge in [0.25, 0.3) is 0 Å². The van der Waals surface area contributed by atoms with Crippen LogP contribution >= 0.6 is 0 Å². The first-order valence-corrected chi connectivity index (χ1v) is 10.2. The minimum absolute atomic E-state index is 0.145. The minimum atomic E-state index is -0.277. The lowest BCUT2D eigenvalue weighted by Crippen LogP contribution is -2.25. The van der Waals surface area contributed by atoms with E-state index in [0.717, 1.165) is 11.3 Å². The molecular weight excluding hydrogens is 404 g/mol. The maximum Gasteiger partial charge on any atom is 0.246 e. The van der Waals surface area contributed by atoms with Gasteiger partial charge >= 0.3 is 0 Å². The van der Waals surface area contributed by atoms with Crippen molar-refractivity contribution in [3.8, 4) is 11.5 Å². The lowest BCUT2D eigenvalue weighted by atomic mass is 10.0. The van der Waals surface area contributed by atoms with Gasteiger partial charge in [0.2, 0.25) is 5.91 Å². The van der Waals surface area contributed by atoms with Gasteiger partial charge in [-0.15, -0.1) is 0 Å². The quantitative estimate of drug-likeness (QED) is 0.262. The Kier molecular flexibility index (Phi) is 7.29. The third-order valence-corrected chi connectivity index (χ3v) is 4.92. The zero-order valence-corrected chi connectivity index (χ0v) is 18.1. The zero-order valence-electron chi connectivity index (χ0n) is 18.1. The Bertz CT molecular complexity index is 1120. The van der Waals surface area contributed by atoms with Crippen LogP contribution in [0.15, 0.2) is 78.9 Å². The molecule has 0 unspecified atom stereocenters. The van der Waals surface area contributed by atoms with Crippen LogP contribution in [-0.4, -0.2) is 30.5 Å². The number of carbonyl (C=O) groups excluding carboxylic acids is 2. The number of anilines is 2. The lowest BCUT2D eigenvalue weighted by Gasteiger charge is -2.15. The largest absolute Gasteiger partial charge is 0.507 e. The van der Waals surface area contributed by atoms with E-state index in [4.69, 9.17) is 4.74 Å². The number of amides is 1. The van der Waals surface area contributed by atoms with Crippen LogP contribution in [0.1, 0.15) is 28.4 Å². The summed E-state index contributed by atoms with van der Waals surface area (Å²) in [7, 11) is 1.50. The van der Waals surface area contributed by atoms with Gasteiger partial charge in [-0.3, -0.25) is 9.59 Å². The summed E-state index contributed by atoms with van der Waals surface area (Å²) >= 11 is 0. The Labute approximate surface area is 187 Å². The number of nitrogens with one attached hydrogen (secondary N) is 2. The number of hydrogen-bond donors (Lipinski definition) is 3. The summed E-state index contributed by atoms with van der Waals surface area (Å²) < 4.78 is 5.38. The number of benzene rings is 3. The number of phenolic OH excluding ortho intramolecular Hbond substituents is 1. The van der Waals surface area contributed by atoms with Crippen LogP contribution in [0.4, 0.5) is 11.4 Å². The standard InChI is InChI=1S/C26H26N2O4/c1-17(2)26(31)27-14-13-18-9-11-20(12-10-18)28-22-15-21(23(29)16-24(22)32-3)25(30)19-7-5-4-6-8-19/h4-12,15-16,28-29H,1,13-14H2,2-3H3,(H,27,31). The summed E-state index contributed by atoms with van der Waals surface area (Å²) in [6.07, 6.45) is 0.692. The molecule has 3 rings (SSSR count). The number of hydrogen-bond acceptors (Lipinski definition) is 5. The predicted octanol–water partition coefficient (Wildman–Crippen LogP) is 4.61. The van der Waals surface area contributed by atoms with Crippen LogP contribution in [0, 0.1) is 0 Å². The molecule has 0 aliphatic heterocycles. The average molecular weight is 431 g/mol. The summed E-state index contributed by atoms with van der Waals surface area (Å²) in [5.41, 5.74) is 3.58. The number of rotatable bonds is 9. The molecule has 3 aromatic rings. The van der Waals surface area contributed by atoms with Gasteiger partial charge < -0.3 is 20.5 Å². The number of methoxy groups -OCH3 is 1. The highest BCUT2D eigenvalue weighted by atomic mass is 16.5. The lowest BCUT2D eigenvalue weighted by molar-refractivity contribution is -0.117. The third-order valence-electron chi connectivity index (χ3n) is 4.92. The van der Waals surface area contributed by atoms with E-state index in [9.17, 15) is 14.7 Å². The fourth-order valence-electron chi connectivity index (χ4n) is 3.14. The molecule has 0 aliphatic rings. The topological polar surface area (TPSA) is 87.7 Å². The van der Waals surface area contributed by atoms with Gasteiger partial charge in [0.1, 0.15) is 11.5 Å². The van der Waals surface area contributed by atoms with Crippen LogP contribution in [-0.2, 0) is 11.2 Å². The molecule has 3 N–H and O–H groups in total. The molecule has 0 aliphatic carbocycles. The SMILES string of the molecule is C=C(C)C(=O)NCCc1ccc(Nc2cc(C(=O)c3ccccc3)c(O)cc2OC)cc1. The summed E-state index contributed by atoms with van der Waals surface area (Å²) in [5.74, 6) is -0.156. The molecule has 0 radical (unpaired) electrons. The van der Waals surface area contributed by atoms with E-state index in [-0.39, 0.29) is 23.0 Å². The van der Waals surface area contributed by atoms with E-state index >= 15 is 0 Å². The van der Waals surface area contributed by atoms with Gasteiger partial charge in [0, 0.05) is 29.4 Å². The molecule has 164 valence electrons. The van der Waals surface area contributed by atoms with Gasteiger partial charge in [-0.05, 0) is 37.1 Å². The number of ketones is 1. The Balaban J connectivity index is 1.75. The molecule has 6 nitrogen and oxygen atoms in total. The van der Waals surface area contributed by atoms with Crippen molar-refractivity contribution >= 4 is 23.1 Å². The number of aromatic hydroxyl groups is 1. The molecule has 0 heterocycles. The molecule has 0 saturated heterocycles. The second-order valence-electron chi connectivity index (χ2n) is 7.37. The molecule has 0 spiro atoms. The van der Waals surface area contributed by atoms with Crippen molar-refractivity contribution < 1.29 is 19.4 Å². The van der Waals surface area contributed by atoms with Crippen molar-refractivity contribution in [1.29, 1.82) is 0 Å². The number of ether oxygens (including phenoxy) is 1. The highest BCUT2D eigenvalue weighted by Gasteiger charge is 2.17. The highest BCUT2D eigenvalue weighted by Crippen LogP contribution is 2.35. The van der Waals surface area contributed by atoms with Gasteiger partial charge in [0.05, 0.1) is 18.4 Å². The van der Waals surface area contributed by atoms with Crippen LogP contribution in [0.2, 0.25) is 0 Å². The number of phenols is 1. The Morgan fingerprint density at radius 2 is 1.72 bits per heavy atom. The molecule has 0 aromatic heterocycles. The summed E-state index contributed by atoms with van der Waals surface area (Å²) in [6.45, 7) is 5.81. The normalized spacial score (nSPS) is 10.3. The van der Waals surface area contributed by atoms with Crippen molar-refractivity contribution in [2.24, 2.45) is 0 Å². The van der Waals surface area contributed by atoms with Crippen LogP contribution < -0.4 is 15.4 Å². The smallest absolute Gasteiger partial charge is 0.246 e. The van der Waals surface area contributed by atoms with E-state index in [1.807, 2.05) is 30.3 Å². The Morgan fingerprint density at radius 3 is 2.34 bits per heavy atom. The number of carbonyl (C=O) groups is 2.